The average Bonchev–Trinajstić information content (AvgIpc) is 2.93. The highest BCUT2D eigenvalue weighted by atomic mass is 16.1. The molecule has 2 aromatic heterocycles. The van der Waals surface area contributed by atoms with Gasteiger partial charge in [0.15, 0.2) is 5.78 Å². The van der Waals surface area contributed by atoms with E-state index in [-0.39, 0.29) is 11.7 Å². The molecule has 0 amide bonds. The molecule has 1 aliphatic rings. The van der Waals surface area contributed by atoms with Crippen LogP contribution in [0.1, 0.15) is 34.0 Å². The quantitative estimate of drug-likeness (QED) is 0.674. The summed E-state index contributed by atoms with van der Waals surface area (Å²) in [5.74, 6) is 0.879. The number of ketones is 1. The molecule has 5 nitrogen and oxygen atoms in total. The van der Waals surface area contributed by atoms with E-state index in [1.807, 2.05) is 18.2 Å². The predicted molar refractivity (Wildman–Crippen MR) is 72.6 cm³/mol. The third kappa shape index (κ3) is 1.71. The predicted octanol–water partition coefficient (Wildman–Crippen LogP) is 2.04. The second-order valence-electron chi connectivity index (χ2n) is 5.04. The number of rotatable bonds is 1. The highest BCUT2D eigenvalue weighted by Crippen LogP contribution is 2.31. The van der Waals surface area contributed by atoms with Crippen molar-refractivity contribution in [3.8, 4) is 0 Å². The Morgan fingerprint density at radius 1 is 1.15 bits per heavy atom. The minimum absolute atomic E-state index is 0.130. The number of fused-ring (bicyclic) bond motifs is 2. The Kier molecular flexibility index (Phi) is 2.39. The molecule has 3 aromatic rings. The molecule has 0 bridgehead atoms. The Morgan fingerprint density at radius 2 is 2.00 bits per heavy atom. The zero-order chi connectivity index (χ0) is 13.5. The zero-order valence-corrected chi connectivity index (χ0v) is 10.7. The third-order valence-electron chi connectivity index (χ3n) is 3.79. The Balaban J connectivity index is 1.80. The number of Topliss-reactive ketones (excluding diaryl/α,β-unsaturated/α-hetero) is 1. The van der Waals surface area contributed by atoms with Crippen LogP contribution < -0.4 is 0 Å². The van der Waals surface area contributed by atoms with Crippen LogP contribution in [-0.4, -0.2) is 25.4 Å². The first-order valence-electron chi connectivity index (χ1n) is 6.58. The molecule has 0 spiro atoms. The van der Waals surface area contributed by atoms with E-state index in [0.717, 1.165) is 12.1 Å². The molecule has 1 aromatic carbocycles. The molecular weight excluding hydrogens is 252 g/mol. The minimum Gasteiger partial charge on any atom is -0.294 e. The van der Waals surface area contributed by atoms with Crippen molar-refractivity contribution in [1.29, 1.82) is 0 Å². The first kappa shape index (κ1) is 11.3. The van der Waals surface area contributed by atoms with Gasteiger partial charge in [0.2, 0.25) is 0 Å². The highest BCUT2D eigenvalue weighted by molar-refractivity contribution is 5.98. The van der Waals surface area contributed by atoms with Gasteiger partial charge in [0.1, 0.15) is 6.33 Å². The number of carbonyl (C=O) groups excluding carboxylic acids is 1. The lowest BCUT2D eigenvalue weighted by Gasteiger charge is -2.22. The zero-order valence-electron chi connectivity index (χ0n) is 10.7. The fourth-order valence-electron chi connectivity index (χ4n) is 2.78. The highest BCUT2D eigenvalue weighted by Gasteiger charge is 2.28. The fraction of sp³-hybridized carbons (Fsp3) is 0.200. The second-order valence-corrected chi connectivity index (χ2v) is 5.04. The van der Waals surface area contributed by atoms with Crippen molar-refractivity contribution in [2.75, 3.05) is 0 Å². The van der Waals surface area contributed by atoms with Gasteiger partial charge >= 0.3 is 0 Å². The molecule has 2 heterocycles. The number of hydrogen-bond donors (Lipinski definition) is 0. The normalized spacial score (nSPS) is 18.2. The van der Waals surface area contributed by atoms with Gasteiger partial charge in [0.05, 0.1) is 11.3 Å². The van der Waals surface area contributed by atoms with E-state index in [1.54, 1.807) is 10.7 Å². The standard InChI is InChI=1S/C15H12N4O/c20-14-7-11(10-4-2-1-3-5-10)6-13-12(14)8-19-15(18-13)16-9-17-19/h1-5,8-9,11H,6-7H2/t11-/m1/s1. The summed E-state index contributed by atoms with van der Waals surface area (Å²) in [5.41, 5.74) is 2.69. The molecule has 0 saturated heterocycles. The molecule has 98 valence electrons. The van der Waals surface area contributed by atoms with Gasteiger partial charge in [0, 0.05) is 12.6 Å². The molecule has 0 unspecified atom stereocenters. The third-order valence-corrected chi connectivity index (χ3v) is 3.79. The van der Waals surface area contributed by atoms with Gasteiger partial charge in [-0.1, -0.05) is 30.3 Å². The Labute approximate surface area is 115 Å². The number of benzene rings is 1. The first-order chi connectivity index (χ1) is 9.81. The maximum atomic E-state index is 12.3. The maximum Gasteiger partial charge on any atom is 0.252 e. The summed E-state index contributed by atoms with van der Waals surface area (Å²) >= 11 is 0. The molecule has 20 heavy (non-hydrogen) atoms. The number of aromatic nitrogens is 4. The number of hydrogen-bond acceptors (Lipinski definition) is 4. The lowest BCUT2D eigenvalue weighted by Crippen LogP contribution is -2.21. The molecule has 0 aliphatic heterocycles. The van der Waals surface area contributed by atoms with Gasteiger partial charge in [-0.3, -0.25) is 4.79 Å². The van der Waals surface area contributed by atoms with Crippen LogP contribution in [-0.2, 0) is 6.42 Å². The van der Waals surface area contributed by atoms with E-state index >= 15 is 0 Å². The topological polar surface area (TPSA) is 60.2 Å². The molecule has 0 fully saturated rings. The van der Waals surface area contributed by atoms with Gasteiger partial charge in [-0.15, -0.1) is 0 Å². The largest absolute Gasteiger partial charge is 0.294 e. The summed E-state index contributed by atoms with van der Waals surface area (Å²) in [4.78, 5) is 20.9. The molecule has 0 radical (unpaired) electrons. The van der Waals surface area contributed by atoms with Crippen molar-refractivity contribution in [3.63, 3.8) is 0 Å². The van der Waals surface area contributed by atoms with E-state index in [4.69, 9.17) is 0 Å². The maximum absolute atomic E-state index is 12.3. The van der Waals surface area contributed by atoms with Crippen LogP contribution in [0.5, 0.6) is 0 Å². The smallest absolute Gasteiger partial charge is 0.252 e. The average molecular weight is 264 g/mol. The van der Waals surface area contributed by atoms with Gasteiger partial charge in [-0.05, 0) is 17.9 Å². The Morgan fingerprint density at radius 3 is 2.85 bits per heavy atom. The summed E-state index contributed by atoms with van der Waals surface area (Å²) in [5, 5.41) is 4.03. The number of carbonyl (C=O) groups is 1. The van der Waals surface area contributed by atoms with Crippen molar-refractivity contribution in [2.45, 2.75) is 18.8 Å². The van der Waals surface area contributed by atoms with Crippen LogP contribution in [0.2, 0.25) is 0 Å². The monoisotopic (exact) mass is 264 g/mol. The van der Waals surface area contributed by atoms with Crippen molar-refractivity contribution in [1.82, 2.24) is 19.6 Å². The molecule has 1 atom stereocenters. The van der Waals surface area contributed by atoms with E-state index in [9.17, 15) is 4.79 Å². The molecular formula is C15H12N4O. The van der Waals surface area contributed by atoms with Gasteiger partial charge < -0.3 is 0 Å². The summed E-state index contributed by atoms with van der Waals surface area (Å²) in [6.45, 7) is 0. The van der Waals surface area contributed by atoms with Crippen LogP contribution in [0.25, 0.3) is 5.78 Å². The SMILES string of the molecule is O=C1C[C@H](c2ccccc2)Cc2nc3ncnn3cc21. The lowest BCUT2D eigenvalue weighted by molar-refractivity contribution is 0.0962. The Hall–Kier alpha value is -2.56. The summed E-state index contributed by atoms with van der Waals surface area (Å²) in [6.07, 6.45) is 4.49. The molecule has 0 N–H and O–H groups in total. The van der Waals surface area contributed by atoms with Gasteiger partial charge in [-0.2, -0.15) is 10.1 Å². The number of nitrogens with zero attached hydrogens (tertiary/aromatic N) is 4. The van der Waals surface area contributed by atoms with Gasteiger partial charge in [0.25, 0.3) is 5.78 Å². The molecule has 4 rings (SSSR count). The van der Waals surface area contributed by atoms with E-state index < -0.39 is 0 Å². The van der Waals surface area contributed by atoms with Crippen LogP contribution in [0.3, 0.4) is 0 Å². The van der Waals surface area contributed by atoms with Crippen LogP contribution >= 0.6 is 0 Å². The van der Waals surface area contributed by atoms with Crippen molar-refractivity contribution >= 4 is 11.6 Å². The minimum atomic E-state index is 0.130. The van der Waals surface area contributed by atoms with Crippen molar-refractivity contribution in [3.05, 3.63) is 59.7 Å². The lowest BCUT2D eigenvalue weighted by atomic mass is 9.82. The van der Waals surface area contributed by atoms with E-state index in [2.05, 4.69) is 27.2 Å². The van der Waals surface area contributed by atoms with Crippen molar-refractivity contribution < 1.29 is 4.79 Å². The first-order valence-corrected chi connectivity index (χ1v) is 6.58. The van der Waals surface area contributed by atoms with Crippen LogP contribution in [0.4, 0.5) is 0 Å². The summed E-state index contributed by atoms with van der Waals surface area (Å²) in [7, 11) is 0. The van der Waals surface area contributed by atoms with E-state index in [1.165, 1.54) is 11.9 Å². The molecule has 1 aliphatic carbocycles. The van der Waals surface area contributed by atoms with Crippen LogP contribution in [0.15, 0.2) is 42.9 Å². The van der Waals surface area contributed by atoms with Crippen LogP contribution in [0, 0.1) is 0 Å². The molecule has 5 heteroatoms. The fourth-order valence-corrected chi connectivity index (χ4v) is 2.78. The summed E-state index contributed by atoms with van der Waals surface area (Å²) < 4.78 is 1.56. The molecule has 0 saturated carbocycles. The second kappa shape index (κ2) is 4.23. The Bertz CT molecular complexity index is 794. The van der Waals surface area contributed by atoms with Gasteiger partial charge in [-0.25, -0.2) is 9.50 Å². The van der Waals surface area contributed by atoms with E-state index in [0.29, 0.717) is 17.8 Å². The summed E-state index contributed by atoms with van der Waals surface area (Å²) in [6, 6.07) is 10.1. The van der Waals surface area contributed by atoms with Crippen molar-refractivity contribution in [2.24, 2.45) is 0 Å².